The average molecular weight is 222 g/mol. The first-order chi connectivity index (χ1) is 6.76. The number of carboxylic acids is 1. The minimum atomic E-state index is -4.43. The monoisotopic (exact) mass is 222 g/mol. The zero-order valence-corrected chi connectivity index (χ0v) is 7.52. The lowest BCUT2D eigenvalue weighted by Crippen LogP contribution is -2.26. The fourth-order valence-electron chi connectivity index (χ4n) is 1.00. The van der Waals surface area contributed by atoms with Crippen LogP contribution >= 0.6 is 0 Å². The van der Waals surface area contributed by atoms with E-state index in [-0.39, 0.29) is 11.6 Å². The molecule has 15 heavy (non-hydrogen) atoms. The van der Waals surface area contributed by atoms with Crippen LogP contribution in [0.2, 0.25) is 0 Å². The van der Waals surface area contributed by atoms with Crippen molar-refractivity contribution < 1.29 is 27.5 Å². The van der Waals surface area contributed by atoms with Crippen LogP contribution in [0.1, 0.15) is 11.1 Å². The molecule has 0 radical (unpaired) electrons. The number of hydrogen-bond donors (Lipinski definition) is 1. The van der Waals surface area contributed by atoms with Crippen molar-refractivity contribution in [3.05, 3.63) is 34.9 Å². The van der Waals surface area contributed by atoms with Crippen LogP contribution in [-0.4, -0.2) is 11.1 Å². The lowest BCUT2D eigenvalue weighted by Gasteiger charge is -2.12. The topological polar surface area (TPSA) is 37.3 Å². The van der Waals surface area contributed by atoms with E-state index in [2.05, 4.69) is 0 Å². The van der Waals surface area contributed by atoms with Gasteiger partial charge in [-0.2, -0.15) is 8.78 Å². The average Bonchev–Trinajstić information content (AvgIpc) is 2.10. The smallest absolute Gasteiger partial charge is 0.379 e. The minimum Gasteiger partial charge on any atom is -0.477 e. The van der Waals surface area contributed by atoms with Gasteiger partial charge in [0.25, 0.3) is 0 Å². The van der Waals surface area contributed by atoms with E-state index in [9.17, 15) is 22.4 Å². The number of aliphatic carboxylic acids is 1. The quantitative estimate of drug-likeness (QED) is 0.780. The van der Waals surface area contributed by atoms with E-state index in [1.165, 1.54) is 6.92 Å². The van der Waals surface area contributed by atoms with Gasteiger partial charge >= 0.3 is 11.9 Å². The van der Waals surface area contributed by atoms with Crippen LogP contribution in [0.25, 0.3) is 0 Å². The van der Waals surface area contributed by atoms with E-state index in [4.69, 9.17) is 5.11 Å². The Balaban J connectivity index is 3.38. The predicted molar refractivity (Wildman–Crippen MR) is 42.6 cm³/mol. The van der Waals surface area contributed by atoms with Crippen LogP contribution in [0, 0.1) is 18.6 Å². The first kappa shape index (κ1) is 11.5. The summed E-state index contributed by atoms with van der Waals surface area (Å²) in [5.74, 6) is -9.48. The molecule has 82 valence electrons. The van der Waals surface area contributed by atoms with Gasteiger partial charge in [-0.3, -0.25) is 0 Å². The Hall–Kier alpha value is -1.59. The minimum absolute atomic E-state index is 0.169. The first-order valence-electron chi connectivity index (χ1n) is 3.84. The molecule has 0 fully saturated rings. The fourth-order valence-corrected chi connectivity index (χ4v) is 1.00. The largest absolute Gasteiger partial charge is 0.477 e. The Kier molecular flexibility index (Phi) is 2.70. The molecule has 0 heterocycles. The number of alkyl halides is 2. The van der Waals surface area contributed by atoms with Crippen molar-refractivity contribution in [2.24, 2.45) is 0 Å². The second-order valence-electron chi connectivity index (χ2n) is 2.96. The van der Waals surface area contributed by atoms with Crippen molar-refractivity contribution in [2.45, 2.75) is 12.8 Å². The molecule has 0 bridgehead atoms. The molecule has 2 nitrogen and oxygen atoms in total. The molecule has 1 rings (SSSR count). The fraction of sp³-hybridized carbons (Fsp3) is 0.222. The summed E-state index contributed by atoms with van der Waals surface area (Å²) in [4.78, 5) is 10.1. The van der Waals surface area contributed by atoms with Crippen LogP contribution in [0.4, 0.5) is 17.6 Å². The maximum Gasteiger partial charge on any atom is 0.379 e. The Labute approximate surface area is 82.1 Å². The third-order valence-electron chi connectivity index (χ3n) is 1.86. The van der Waals surface area contributed by atoms with Gasteiger partial charge in [0.2, 0.25) is 0 Å². The number of hydrogen-bond acceptors (Lipinski definition) is 1. The SMILES string of the molecule is Cc1cc(F)c(C(F)(F)C(=O)O)cc1F. The number of halogens is 4. The van der Waals surface area contributed by atoms with E-state index in [1.807, 2.05) is 0 Å². The van der Waals surface area contributed by atoms with Gasteiger partial charge in [-0.25, -0.2) is 13.6 Å². The normalized spacial score (nSPS) is 11.5. The lowest BCUT2D eigenvalue weighted by molar-refractivity contribution is -0.166. The summed E-state index contributed by atoms with van der Waals surface area (Å²) in [6.07, 6.45) is 0. The second kappa shape index (κ2) is 3.52. The third-order valence-corrected chi connectivity index (χ3v) is 1.86. The molecule has 0 saturated carbocycles. The summed E-state index contributed by atoms with van der Waals surface area (Å²) in [5.41, 5.74) is -1.64. The molecular weight excluding hydrogens is 216 g/mol. The van der Waals surface area contributed by atoms with Crippen LogP contribution < -0.4 is 0 Å². The van der Waals surface area contributed by atoms with Gasteiger partial charge in [-0.1, -0.05) is 0 Å². The Bertz CT molecular complexity index is 415. The van der Waals surface area contributed by atoms with Gasteiger partial charge < -0.3 is 5.11 Å². The van der Waals surface area contributed by atoms with E-state index >= 15 is 0 Å². The molecule has 0 aliphatic rings. The molecule has 1 N–H and O–H groups in total. The standard InChI is InChI=1S/C9H6F4O2/c1-4-2-7(11)5(3-6(4)10)9(12,13)8(14)15/h2-3H,1H3,(H,14,15). The molecule has 0 spiro atoms. The Morgan fingerprint density at radius 2 is 1.80 bits per heavy atom. The molecule has 6 heteroatoms. The Morgan fingerprint density at radius 1 is 1.27 bits per heavy atom. The zero-order valence-electron chi connectivity index (χ0n) is 7.52. The number of benzene rings is 1. The van der Waals surface area contributed by atoms with Crippen LogP contribution in [0.5, 0.6) is 0 Å². The van der Waals surface area contributed by atoms with E-state index in [0.29, 0.717) is 6.07 Å². The third kappa shape index (κ3) is 1.93. The van der Waals surface area contributed by atoms with Crippen molar-refractivity contribution in [1.29, 1.82) is 0 Å². The lowest BCUT2D eigenvalue weighted by atomic mass is 10.1. The van der Waals surface area contributed by atoms with Gasteiger partial charge in [-0.15, -0.1) is 0 Å². The summed E-state index contributed by atoms with van der Waals surface area (Å²) in [6, 6.07) is 0.723. The van der Waals surface area contributed by atoms with Crippen LogP contribution in [-0.2, 0) is 10.7 Å². The highest BCUT2D eigenvalue weighted by Crippen LogP contribution is 2.31. The summed E-state index contributed by atoms with van der Waals surface area (Å²) in [5, 5.41) is 8.14. The summed E-state index contributed by atoms with van der Waals surface area (Å²) in [7, 11) is 0. The summed E-state index contributed by atoms with van der Waals surface area (Å²) >= 11 is 0. The van der Waals surface area contributed by atoms with Crippen molar-refractivity contribution in [3.63, 3.8) is 0 Å². The van der Waals surface area contributed by atoms with Gasteiger partial charge in [0, 0.05) is 0 Å². The van der Waals surface area contributed by atoms with E-state index in [1.54, 1.807) is 0 Å². The molecule has 1 aromatic carbocycles. The van der Waals surface area contributed by atoms with Crippen molar-refractivity contribution in [1.82, 2.24) is 0 Å². The number of carboxylic acid groups (broad SMARTS) is 1. The summed E-state index contributed by atoms with van der Waals surface area (Å²) < 4.78 is 51.5. The second-order valence-corrected chi connectivity index (χ2v) is 2.96. The number of carbonyl (C=O) groups is 1. The van der Waals surface area contributed by atoms with Gasteiger partial charge in [-0.05, 0) is 24.6 Å². The molecule has 0 amide bonds. The maximum atomic E-state index is 13.0. The Morgan fingerprint density at radius 3 is 2.27 bits per heavy atom. The molecule has 0 aliphatic heterocycles. The highest BCUT2D eigenvalue weighted by atomic mass is 19.3. The van der Waals surface area contributed by atoms with Crippen LogP contribution in [0.3, 0.4) is 0 Å². The van der Waals surface area contributed by atoms with Crippen molar-refractivity contribution in [3.8, 4) is 0 Å². The number of rotatable bonds is 2. The molecule has 0 aliphatic carbocycles. The molecule has 0 atom stereocenters. The van der Waals surface area contributed by atoms with E-state index in [0.717, 1.165) is 0 Å². The highest BCUT2D eigenvalue weighted by molar-refractivity contribution is 5.77. The van der Waals surface area contributed by atoms with Gasteiger partial charge in [0.1, 0.15) is 11.6 Å². The maximum absolute atomic E-state index is 13.0. The van der Waals surface area contributed by atoms with Gasteiger partial charge in [0.05, 0.1) is 5.56 Å². The van der Waals surface area contributed by atoms with E-state index < -0.39 is 29.1 Å². The molecule has 0 aromatic heterocycles. The highest BCUT2D eigenvalue weighted by Gasteiger charge is 2.43. The molecule has 1 aromatic rings. The number of aryl methyl sites for hydroxylation is 1. The van der Waals surface area contributed by atoms with Crippen molar-refractivity contribution >= 4 is 5.97 Å². The van der Waals surface area contributed by atoms with Gasteiger partial charge in [0.15, 0.2) is 0 Å². The summed E-state index contributed by atoms with van der Waals surface area (Å²) in [6.45, 7) is 1.18. The first-order valence-corrected chi connectivity index (χ1v) is 3.84. The van der Waals surface area contributed by atoms with Crippen LogP contribution in [0.15, 0.2) is 12.1 Å². The van der Waals surface area contributed by atoms with Crippen molar-refractivity contribution in [2.75, 3.05) is 0 Å². The zero-order chi connectivity index (χ0) is 11.8. The molecule has 0 saturated heterocycles. The molecule has 0 unspecified atom stereocenters. The molecular formula is C9H6F4O2. The predicted octanol–water partition coefficient (Wildman–Crippen LogP) is 2.45.